The Balaban J connectivity index is 2.06. The molecule has 0 aliphatic heterocycles. The van der Waals surface area contributed by atoms with Crippen LogP contribution in [0.5, 0.6) is 0 Å². The lowest BCUT2D eigenvalue weighted by Gasteiger charge is -2.01. The summed E-state index contributed by atoms with van der Waals surface area (Å²) in [5.41, 5.74) is 1.69. The Labute approximate surface area is 118 Å². The fraction of sp³-hybridized carbons (Fsp3) is 0.250. The van der Waals surface area contributed by atoms with E-state index in [2.05, 4.69) is 31.4 Å². The van der Waals surface area contributed by atoms with E-state index in [1.54, 1.807) is 6.07 Å². The zero-order valence-electron chi connectivity index (χ0n) is 9.81. The van der Waals surface area contributed by atoms with Crippen molar-refractivity contribution < 1.29 is 4.79 Å². The third-order valence-electron chi connectivity index (χ3n) is 2.28. The summed E-state index contributed by atoms with van der Waals surface area (Å²) < 4.78 is 0. The zero-order chi connectivity index (χ0) is 13.0. The maximum atomic E-state index is 12.0. The van der Waals surface area contributed by atoms with Crippen LogP contribution in [-0.4, -0.2) is 21.4 Å². The smallest absolute Gasteiger partial charge is 0.257 e. The minimum Gasteiger partial charge on any atom is -0.296 e. The van der Waals surface area contributed by atoms with Crippen LogP contribution in [0.15, 0.2) is 24.3 Å². The molecule has 1 aromatic carbocycles. The highest BCUT2D eigenvalue weighted by Gasteiger charge is 2.09. The van der Waals surface area contributed by atoms with Crippen molar-refractivity contribution >= 4 is 38.3 Å². The molecule has 0 atom stereocenters. The SMILES string of the molecule is Cc1cccc(C(=O)Nc2nnc(CCBr)s2)c1. The fourth-order valence-electron chi connectivity index (χ4n) is 1.44. The number of hydrogen-bond donors (Lipinski definition) is 1. The van der Waals surface area contributed by atoms with E-state index in [0.29, 0.717) is 10.7 Å². The summed E-state index contributed by atoms with van der Waals surface area (Å²) >= 11 is 4.74. The van der Waals surface area contributed by atoms with Gasteiger partial charge in [0.1, 0.15) is 5.01 Å². The van der Waals surface area contributed by atoms with E-state index in [0.717, 1.165) is 22.3 Å². The Morgan fingerprint density at radius 2 is 2.28 bits per heavy atom. The third-order valence-corrected chi connectivity index (χ3v) is 3.57. The van der Waals surface area contributed by atoms with E-state index in [4.69, 9.17) is 0 Å². The number of carbonyl (C=O) groups is 1. The largest absolute Gasteiger partial charge is 0.296 e. The molecule has 2 aromatic rings. The van der Waals surface area contributed by atoms with Crippen molar-refractivity contribution in [2.45, 2.75) is 13.3 Å². The number of nitrogens with zero attached hydrogens (tertiary/aromatic N) is 2. The van der Waals surface area contributed by atoms with Crippen LogP contribution in [0.2, 0.25) is 0 Å². The molecule has 6 heteroatoms. The van der Waals surface area contributed by atoms with Crippen LogP contribution in [0.4, 0.5) is 5.13 Å². The standard InChI is InChI=1S/C12H12BrN3OS/c1-8-3-2-4-9(7-8)11(17)14-12-16-15-10(18-12)5-6-13/h2-4,7H,5-6H2,1H3,(H,14,16,17). The van der Waals surface area contributed by atoms with Crippen molar-refractivity contribution in [3.8, 4) is 0 Å². The lowest BCUT2D eigenvalue weighted by atomic mass is 10.1. The molecule has 94 valence electrons. The van der Waals surface area contributed by atoms with Gasteiger partial charge in [-0.2, -0.15) is 0 Å². The van der Waals surface area contributed by atoms with Gasteiger partial charge in [-0.1, -0.05) is 45.0 Å². The van der Waals surface area contributed by atoms with Gasteiger partial charge in [0.25, 0.3) is 5.91 Å². The second-order valence-electron chi connectivity index (χ2n) is 3.76. The highest BCUT2D eigenvalue weighted by molar-refractivity contribution is 9.09. The van der Waals surface area contributed by atoms with Crippen LogP contribution in [-0.2, 0) is 6.42 Å². The number of carbonyl (C=O) groups excluding carboxylic acids is 1. The van der Waals surface area contributed by atoms with Gasteiger partial charge in [-0.25, -0.2) is 0 Å². The number of nitrogens with one attached hydrogen (secondary N) is 1. The summed E-state index contributed by atoms with van der Waals surface area (Å²) in [5, 5.41) is 13.0. The molecule has 1 N–H and O–H groups in total. The van der Waals surface area contributed by atoms with Gasteiger partial charge < -0.3 is 0 Å². The van der Waals surface area contributed by atoms with Crippen molar-refractivity contribution in [3.05, 3.63) is 40.4 Å². The van der Waals surface area contributed by atoms with Crippen molar-refractivity contribution in [1.82, 2.24) is 10.2 Å². The molecule has 0 radical (unpaired) electrons. The van der Waals surface area contributed by atoms with Gasteiger partial charge in [-0.05, 0) is 19.1 Å². The monoisotopic (exact) mass is 325 g/mol. The van der Waals surface area contributed by atoms with Crippen molar-refractivity contribution in [3.63, 3.8) is 0 Å². The van der Waals surface area contributed by atoms with Crippen LogP contribution in [0.1, 0.15) is 20.9 Å². The predicted octanol–water partition coefficient (Wildman–Crippen LogP) is 3.04. The van der Waals surface area contributed by atoms with E-state index >= 15 is 0 Å². The molecule has 2 rings (SSSR count). The van der Waals surface area contributed by atoms with Crippen molar-refractivity contribution in [1.29, 1.82) is 0 Å². The molecule has 0 fully saturated rings. The van der Waals surface area contributed by atoms with Gasteiger partial charge in [0, 0.05) is 17.3 Å². The molecule has 0 aliphatic rings. The van der Waals surface area contributed by atoms with Gasteiger partial charge in [0.05, 0.1) is 0 Å². The summed E-state index contributed by atoms with van der Waals surface area (Å²) in [6, 6.07) is 7.44. The first kappa shape index (κ1) is 13.2. The highest BCUT2D eigenvalue weighted by Crippen LogP contribution is 2.17. The summed E-state index contributed by atoms with van der Waals surface area (Å²) in [7, 11) is 0. The second-order valence-corrected chi connectivity index (χ2v) is 5.62. The minimum absolute atomic E-state index is 0.153. The number of aromatic nitrogens is 2. The number of hydrogen-bond acceptors (Lipinski definition) is 4. The van der Waals surface area contributed by atoms with Gasteiger partial charge in [0.2, 0.25) is 5.13 Å². The number of anilines is 1. The first-order valence-corrected chi connectivity index (χ1v) is 7.39. The van der Waals surface area contributed by atoms with Crippen LogP contribution < -0.4 is 5.32 Å². The summed E-state index contributed by atoms with van der Waals surface area (Å²) in [6.45, 7) is 1.95. The third kappa shape index (κ3) is 3.36. The van der Waals surface area contributed by atoms with E-state index in [1.165, 1.54) is 11.3 Å². The van der Waals surface area contributed by atoms with Crippen LogP contribution in [0.3, 0.4) is 0 Å². The molecule has 18 heavy (non-hydrogen) atoms. The molecule has 0 bridgehead atoms. The van der Waals surface area contributed by atoms with Gasteiger partial charge >= 0.3 is 0 Å². The predicted molar refractivity (Wildman–Crippen MR) is 76.5 cm³/mol. The van der Waals surface area contributed by atoms with Crippen LogP contribution >= 0.6 is 27.3 Å². The molecule has 0 saturated heterocycles. The number of rotatable bonds is 4. The van der Waals surface area contributed by atoms with E-state index in [9.17, 15) is 4.79 Å². The topological polar surface area (TPSA) is 54.9 Å². The van der Waals surface area contributed by atoms with Gasteiger partial charge in [-0.3, -0.25) is 10.1 Å². The first-order chi connectivity index (χ1) is 8.69. The molecule has 0 saturated carbocycles. The summed E-state index contributed by atoms with van der Waals surface area (Å²) in [5.74, 6) is -0.153. The molecule has 1 aromatic heterocycles. The van der Waals surface area contributed by atoms with Crippen molar-refractivity contribution in [2.75, 3.05) is 10.6 Å². The molecule has 0 aliphatic carbocycles. The number of alkyl halides is 1. The summed E-state index contributed by atoms with van der Waals surface area (Å²) in [6.07, 6.45) is 0.817. The Hall–Kier alpha value is -1.27. The maximum Gasteiger partial charge on any atom is 0.257 e. The van der Waals surface area contributed by atoms with E-state index in [-0.39, 0.29) is 5.91 Å². The van der Waals surface area contributed by atoms with Crippen LogP contribution in [0, 0.1) is 6.92 Å². The average Bonchev–Trinajstić information content (AvgIpc) is 2.77. The lowest BCUT2D eigenvalue weighted by molar-refractivity contribution is 0.102. The molecule has 0 unspecified atom stereocenters. The fourth-order valence-corrected chi connectivity index (χ4v) is 2.81. The second kappa shape index (κ2) is 6.06. The highest BCUT2D eigenvalue weighted by atomic mass is 79.9. The molecular weight excluding hydrogens is 314 g/mol. The number of benzene rings is 1. The van der Waals surface area contributed by atoms with Crippen LogP contribution in [0.25, 0.3) is 0 Å². The van der Waals surface area contributed by atoms with Gasteiger partial charge in [0.15, 0.2) is 0 Å². The first-order valence-electron chi connectivity index (χ1n) is 5.45. The number of halogens is 1. The Morgan fingerprint density at radius 3 is 3.00 bits per heavy atom. The molecule has 4 nitrogen and oxygen atoms in total. The van der Waals surface area contributed by atoms with E-state index in [1.807, 2.05) is 25.1 Å². The van der Waals surface area contributed by atoms with E-state index < -0.39 is 0 Å². The quantitative estimate of drug-likeness (QED) is 0.879. The normalized spacial score (nSPS) is 10.3. The molecular formula is C12H12BrN3OS. The lowest BCUT2D eigenvalue weighted by Crippen LogP contribution is -2.11. The number of aryl methyl sites for hydroxylation is 2. The zero-order valence-corrected chi connectivity index (χ0v) is 12.2. The molecule has 0 spiro atoms. The Kier molecular flexibility index (Phi) is 4.43. The average molecular weight is 326 g/mol. The molecule has 1 amide bonds. The maximum absolute atomic E-state index is 12.0. The molecule has 1 heterocycles. The number of amides is 1. The Morgan fingerprint density at radius 1 is 1.44 bits per heavy atom. The summed E-state index contributed by atoms with van der Waals surface area (Å²) in [4.78, 5) is 12.0. The minimum atomic E-state index is -0.153. The van der Waals surface area contributed by atoms with Crippen molar-refractivity contribution in [2.24, 2.45) is 0 Å². The Bertz CT molecular complexity index is 556. The van der Waals surface area contributed by atoms with Gasteiger partial charge in [-0.15, -0.1) is 10.2 Å².